The predicted octanol–water partition coefficient (Wildman–Crippen LogP) is 2.64. The lowest BCUT2D eigenvalue weighted by Gasteiger charge is -2.25. The Morgan fingerprint density at radius 1 is 1.24 bits per heavy atom. The summed E-state index contributed by atoms with van der Waals surface area (Å²) >= 11 is 0. The minimum Gasteiger partial charge on any atom is -0.350 e. The quantitative estimate of drug-likeness (QED) is 0.727. The molecule has 150 valence electrons. The van der Waals surface area contributed by atoms with Crippen molar-refractivity contribution in [3.8, 4) is 0 Å². The van der Waals surface area contributed by atoms with Crippen molar-refractivity contribution in [2.24, 2.45) is 7.05 Å². The number of rotatable bonds is 5. The second-order valence-electron chi connectivity index (χ2n) is 7.86. The lowest BCUT2D eigenvalue weighted by Crippen LogP contribution is -2.39. The van der Waals surface area contributed by atoms with Gasteiger partial charge < -0.3 is 9.88 Å². The van der Waals surface area contributed by atoms with Gasteiger partial charge in [0.2, 0.25) is 0 Å². The summed E-state index contributed by atoms with van der Waals surface area (Å²) in [6.07, 6.45) is 3.71. The lowest BCUT2D eigenvalue weighted by molar-refractivity contribution is 0.0940. The van der Waals surface area contributed by atoms with Crippen LogP contribution in [-0.4, -0.2) is 39.5 Å². The van der Waals surface area contributed by atoms with Gasteiger partial charge in [-0.1, -0.05) is 29.8 Å². The van der Waals surface area contributed by atoms with E-state index in [2.05, 4.69) is 46.4 Å². The monoisotopic (exact) mass is 390 g/mol. The summed E-state index contributed by atoms with van der Waals surface area (Å²) in [4.78, 5) is 31.7. The fourth-order valence-corrected chi connectivity index (χ4v) is 4.04. The van der Waals surface area contributed by atoms with Crippen molar-refractivity contribution in [1.29, 1.82) is 0 Å². The average Bonchev–Trinajstić information content (AvgIpc) is 3.15. The first kappa shape index (κ1) is 19.3. The summed E-state index contributed by atoms with van der Waals surface area (Å²) < 4.78 is 1.42. The second-order valence-corrected chi connectivity index (χ2v) is 7.86. The van der Waals surface area contributed by atoms with Crippen molar-refractivity contribution in [3.63, 3.8) is 0 Å². The third-order valence-corrected chi connectivity index (χ3v) is 5.64. The topological polar surface area (TPSA) is 67.2 Å². The molecule has 0 spiro atoms. The highest BCUT2D eigenvalue weighted by Gasteiger charge is 2.25. The van der Waals surface area contributed by atoms with Gasteiger partial charge in [0, 0.05) is 31.7 Å². The van der Waals surface area contributed by atoms with Gasteiger partial charge in [0.15, 0.2) is 0 Å². The molecule has 3 aromatic rings. The minimum atomic E-state index is -0.153. The van der Waals surface area contributed by atoms with Crippen LogP contribution in [0.15, 0.2) is 53.6 Å². The van der Waals surface area contributed by atoms with Crippen molar-refractivity contribution >= 4 is 16.8 Å². The van der Waals surface area contributed by atoms with E-state index < -0.39 is 0 Å². The van der Waals surface area contributed by atoms with Crippen LogP contribution in [0.3, 0.4) is 0 Å². The fraction of sp³-hybridized carbons (Fsp3) is 0.348. The molecule has 0 bridgehead atoms. The summed E-state index contributed by atoms with van der Waals surface area (Å²) in [5.41, 5.74) is 3.52. The van der Waals surface area contributed by atoms with Gasteiger partial charge in [-0.2, -0.15) is 0 Å². The molecule has 2 aromatic carbocycles. The van der Waals surface area contributed by atoms with Gasteiger partial charge in [0.05, 0.1) is 17.2 Å². The number of benzene rings is 2. The van der Waals surface area contributed by atoms with Crippen LogP contribution in [-0.2, 0) is 13.6 Å². The van der Waals surface area contributed by atoms with Gasteiger partial charge in [-0.25, -0.2) is 4.98 Å². The smallest absolute Gasteiger partial charge is 0.260 e. The van der Waals surface area contributed by atoms with Gasteiger partial charge >= 0.3 is 0 Å². The molecule has 1 aliphatic heterocycles. The molecule has 6 heteroatoms. The molecule has 1 aliphatic rings. The van der Waals surface area contributed by atoms with E-state index in [9.17, 15) is 9.59 Å². The Hall–Kier alpha value is -2.99. The third-order valence-electron chi connectivity index (χ3n) is 5.64. The van der Waals surface area contributed by atoms with Crippen LogP contribution in [0.1, 0.15) is 34.3 Å². The Balaban J connectivity index is 1.43. The number of carbonyl (C=O) groups is 1. The number of hydrogen-bond donors (Lipinski definition) is 1. The molecule has 1 N–H and O–H groups in total. The van der Waals surface area contributed by atoms with Crippen LogP contribution in [0, 0.1) is 6.92 Å². The maximum Gasteiger partial charge on any atom is 0.260 e. The molecule has 0 aliphatic carbocycles. The largest absolute Gasteiger partial charge is 0.350 e. The molecule has 1 amide bonds. The molecule has 1 fully saturated rings. The molecule has 0 radical (unpaired) electrons. The van der Waals surface area contributed by atoms with E-state index in [0.29, 0.717) is 29.1 Å². The zero-order valence-corrected chi connectivity index (χ0v) is 16.9. The van der Waals surface area contributed by atoms with E-state index in [1.165, 1.54) is 22.0 Å². The lowest BCUT2D eigenvalue weighted by atomic mass is 10.1. The van der Waals surface area contributed by atoms with E-state index in [1.54, 1.807) is 25.2 Å². The van der Waals surface area contributed by atoms with E-state index in [4.69, 9.17) is 0 Å². The molecule has 0 saturated carbocycles. The van der Waals surface area contributed by atoms with E-state index in [0.717, 1.165) is 25.9 Å². The molecule has 6 nitrogen and oxygen atoms in total. The number of carbonyl (C=O) groups excluding carboxylic acids is 1. The summed E-state index contributed by atoms with van der Waals surface area (Å²) in [6, 6.07) is 14.0. The SMILES string of the molecule is Cc1cccc(CN2CCCC2CNC(=O)c2ccc3ncn(C)c(=O)c3c2)c1. The van der Waals surface area contributed by atoms with Crippen LogP contribution in [0.4, 0.5) is 0 Å². The summed E-state index contributed by atoms with van der Waals surface area (Å²) in [5, 5.41) is 3.52. The zero-order chi connectivity index (χ0) is 20.4. The molecular formula is C23H26N4O2. The molecule has 1 aromatic heterocycles. The predicted molar refractivity (Wildman–Crippen MR) is 114 cm³/mol. The normalized spacial score (nSPS) is 17.0. The van der Waals surface area contributed by atoms with Crippen molar-refractivity contribution < 1.29 is 4.79 Å². The van der Waals surface area contributed by atoms with Crippen molar-refractivity contribution in [2.75, 3.05) is 13.1 Å². The number of fused-ring (bicyclic) bond motifs is 1. The Kier molecular flexibility index (Phi) is 5.45. The highest BCUT2D eigenvalue weighted by atomic mass is 16.1. The van der Waals surface area contributed by atoms with Crippen molar-refractivity contribution in [2.45, 2.75) is 32.4 Å². The Bertz CT molecular complexity index is 1110. The Morgan fingerprint density at radius 2 is 2.10 bits per heavy atom. The van der Waals surface area contributed by atoms with Gasteiger partial charge in [-0.3, -0.25) is 14.5 Å². The van der Waals surface area contributed by atoms with Crippen LogP contribution >= 0.6 is 0 Å². The number of amides is 1. The van der Waals surface area contributed by atoms with E-state index >= 15 is 0 Å². The van der Waals surface area contributed by atoms with Gasteiger partial charge in [0.25, 0.3) is 11.5 Å². The summed E-state index contributed by atoms with van der Waals surface area (Å²) in [7, 11) is 1.66. The first-order chi connectivity index (χ1) is 14.0. The van der Waals surface area contributed by atoms with Crippen molar-refractivity contribution in [1.82, 2.24) is 19.8 Å². The number of likely N-dealkylation sites (tertiary alicyclic amines) is 1. The highest BCUT2D eigenvalue weighted by molar-refractivity contribution is 5.97. The van der Waals surface area contributed by atoms with Crippen LogP contribution < -0.4 is 10.9 Å². The molecule has 4 rings (SSSR count). The molecular weight excluding hydrogens is 364 g/mol. The maximum absolute atomic E-state index is 12.7. The highest BCUT2D eigenvalue weighted by Crippen LogP contribution is 2.20. The summed E-state index contributed by atoms with van der Waals surface area (Å²) in [5.74, 6) is -0.153. The number of nitrogens with zero attached hydrogens (tertiary/aromatic N) is 3. The summed E-state index contributed by atoms with van der Waals surface area (Å²) in [6.45, 7) is 4.66. The molecule has 1 unspecified atom stereocenters. The van der Waals surface area contributed by atoms with E-state index in [-0.39, 0.29) is 11.5 Å². The van der Waals surface area contributed by atoms with E-state index in [1.807, 2.05) is 0 Å². The van der Waals surface area contributed by atoms with Crippen LogP contribution in [0.25, 0.3) is 10.9 Å². The van der Waals surface area contributed by atoms with Crippen LogP contribution in [0.5, 0.6) is 0 Å². The number of aryl methyl sites for hydroxylation is 2. The third kappa shape index (κ3) is 4.22. The number of aromatic nitrogens is 2. The van der Waals surface area contributed by atoms with Gasteiger partial charge in [-0.05, 0) is 50.1 Å². The van der Waals surface area contributed by atoms with Crippen LogP contribution in [0.2, 0.25) is 0 Å². The standard InChI is InChI=1S/C23H26N4O2/c1-16-5-3-6-17(11-16)14-27-10-4-7-19(27)13-24-22(28)18-8-9-21-20(12-18)23(29)26(2)15-25-21/h3,5-6,8-9,11-12,15,19H,4,7,10,13-14H2,1-2H3,(H,24,28). The molecule has 1 atom stereocenters. The molecule has 2 heterocycles. The maximum atomic E-state index is 12.7. The number of hydrogen-bond acceptors (Lipinski definition) is 4. The second kappa shape index (κ2) is 8.17. The molecule has 1 saturated heterocycles. The first-order valence-corrected chi connectivity index (χ1v) is 10.0. The zero-order valence-electron chi connectivity index (χ0n) is 16.9. The van der Waals surface area contributed by atoms with Gasteiger partial charge in [0.1, 0.15) is 0 Å². The Morgan fingerprint density at radius 3 is 2.93 bits per heavy atom. The Labute approximate surface area is 170 Å². The fourth-order valence-electron chi connectivity index (χ4n) is 4.04. The van der Waals surface area contributed by atoms with Gasteiger partial charge in [-0.15, -0.1) is 0 Å². The molecule has 29 heavy (non-hydrogen) atoms. The minimum absolute atomic E-state index is 0.148. The first-order valence-electron chi connectivity index (χ1n) is 10.0. The average molecular weight is 390 g/mol. The number of nitrogens with one attached hydrogen (secondary N) is 1. The van der Waals surface area contributed by atoms with Crippen molar-refractivity contribution in [3.05, 3.63) is 75.8 Å².